The van der Waals surface area contributed by atoms with Gasteiger partial charge >= 0.3 is 0 Å². The fourth-order valence-electron chi connectivity index (χ4n) is 2.26. The largest absolute Gasteiger partial charge is 0.381 e. The van der Waals surface area contributed by atoms with Gasteiger partial charge in [0.15, 0.2) is 0 Å². The molecule has 1 atom stereocenters. The maximum atomic E-state index is 5.69. The topological polar surface area (TPSA) is 38.5 Å². The third-order valence-corrected chi connectivity index (χ3v) is 3.16. The Bertz CT molecular complexity index is 157. The first-order chi connectivity index (χ1) is 6.38. The predicted octanol–water partition coefficient (Wildman–Crippen LogP) is 0.304. The Kier molecular flexibility index (Phi) is 3.19. The summed E-state index contributed by atoms with van der Waals surface area (Å²) in [6.07, 6.45) is 2.66. The Morgan fingerprint density at radius 2 is 2.15 bits per heavy atom. The lowest BCUT2D eigenvalue weighted by Crippen LogP contribution is -2.45. The molecule has 0 aliphatic carbocycles. The van der Waals surface area contributed by atoms with Gasteiger partial charge < -0.3 is 15.4 Å². The summed E-state index contributed by atoms with van der Waals surface area (Å²) in [5.74, 6) is 1.55. The first kappa shape index (κ1) is 9.44. The van der Waals surface area contributed by atoms with Crippen molar-refractivity contribution in [3.05, 3.63) is 0 Å². The molecule has 2 rings (SSSR count). The van der Waals surface area contributed by atoms with E-state index < -0.39 is 0 Å². The molecule has 0 spiro atoms. The smallest absolute Gasteiger partial charge is 0.0528 e. The summed E-state index contributed by atoms with van der Waals surface area (Å²) >= 11 is 0. The number of hydrogen-bond donors (Lipinski definition) is 1. The molecule has 0 aromatic rings. The molecule has 2 aliphatic rings. The average Bonchev–Trinajstić information content (AvgIpc) is 2.12. The van der Waals surface area contributed by atoms with Crippen molar-refractivity contribution >= 4 is 0 Å². The number of rotatable bonds is 3. The number of ether oxygens (including phenoxy) is 1. The number of nitrogens with two attached hydrogens (primary N) is 1. The van der Waals surface area contributed by atoms with Crippen LogP contribution in [0.5, 0.6) is 0 Å². The molecule has 2 aliphatic heterocycles. The van der Waals surface area contributed by atoms with Gasteiger partial charge in [-0.2, -0.15) is 0 Å². The van der Waals surface area contributed by atoms with Crippen LogP contribution in [0.4, 0.5) is 0 Å². The van der Waals surface area contributed by atoms with Crippen molar-refractivity contribution in [3.8, 4) is 0 Å². The van der Waals surface area contributed by atoms with Crippen LogP contribution in [0.25, 0.3) is 0 Å². The van der Waals surface area contributed by atoms with Gasteiger partial charge in [0.1, 0.15) is 0 Å². The van der Waals surface area contributed by atoms with E-state index in [1.807, 2.05) is 0 Å². The van der Waals surface area contributed by atoms with Gasteiger partial charge in [-0.1, -0.05) is 0 Å². The minimum absolute atomic E-state index is 0.745. The normalized spacial score (nSPS) is 31.6. The molecule has 2 fully saturated rings. The van der Waals surface area contributed by atoms with Crippen LogP contribution in [0.3, 0.4) is 0 Å². The minimum Gasteiger partial charge on any atom is -0.381 e. The average molecular weight is 184 g/mol. The maximum absolute atomic E-state index is 5.69. The molecule has 13 heavy (non-hydrogen) atoms. The summed E-state index contributed by atoms with van der Waals surface area (Å²) in [4.78, 5) is 2.56. The third kappa shape index (κ3) is 2.42. The minimum atomic E-state index is 0.745. The molecule has 2 N–H and O–H groups in total. The Hall–Kier alpha value is -0.120. The van der Waals surface area contributed by atoms with Crippen molar-refractivity contribution in [2.75, 3.05) is 39.4 Å². The van der Waals surface area contributed by atoms with E-state index in [-0.39, 0.29) is 0 Å². The monoisotopic (exact) mass is 184 g/mol. The zero-order chi connectivity index (χ0) is 9.10. The Morgan fingerprint density at radius 3 is 2.77 bits per heavy atom. The van der Waals surface area contributed by atoms with Gasteiger partial charge in [-0.3, -0.25) is 0 Å². The lowest BCUT2D eigenvalue weighted by atomic mass is 9.97. The maximum Gasteiger partial charge on any atom is 0.0528 e. The fourth-order valence-corrected chi connectivity index (χ4v) is 2.26. The number of likely N-dealkylation sites (tertiary alicyclic amines) is 1. The molecule has 0 radical (unpaired) electrons. The molecule has 0 aromatic heterocycles. The molecule has 0 bridgehead atoms. The highest BCUT2D eigenvalue weighted by molar-refractivity contribution is 4.77. The van der Waals surface area contributed by atoms with E-state index >= 15 is 0 Å². The van der Waals surface area contributed by atoms with E-state index in [0.717, 1.165) is 31.6 Å². The number of nitrogens with zero attached hydrogens (tertiary/aromatic N) is 1. The molecule has 3 heteroatoms. The summed E-state index contributed by atoms with van der Waals surface area (Å²) in [7, 11) is 0. The molecular formula is C10H20N2O. The number of hydrogen-bond acceptors (Lipinski definition) is 3. The van der Waals surface area contributed by atoms with Crippen molar-refractivity contribution in [3.63, 3.8) is 0 Å². The van der Waals surface area contributed by atoms with Crippen molar-refractivity contribution in [1.29, 1.82) is 0 Å². The summed E-state index contributed by atoms with van der Waals surface area (Å²) < 4.78 is 5.18. The van der Waals surface area contributed by atoms with Crippen LogP contribution in [-0.2, 0) is 4.74 Å². The van der Waals surface area contributed by atoms with Crippen LogP contribution in [0.15, 0.2) is 0 Å². The molecule has 0 saturated carbocycles. The molecule has 0 aromatic carbocycles. The lowest BCUT2D eigenvalue weighted by molar-refractivity contribution is -0.0504. The molecule has 0 amide bonds. The molecule has 1 unspecified atom stereocenters. The Labute approximate surface area is 80.2 Å². The van der Waals surface area contributed by atoms with Crippen LogP contribution in [0.1, 0.15) is 12.8 Å². The highest BCUT2D eigenvalue weighted by Crippen LogP contribution is 2.18. The van der Waals surface area contributed by atoms with Crippen LogP contribution in [0.2, 0.25) is 0 Å². The molecule has 2 saturated heterocycles. The van der Waals surface area contributed by atoms with Gasteiger partial charge in [0.2, 0.25) is 0 Å². The highest BCUT2D eigenvalue weighted by Gasteiger charge is 2.25. The van der Waals surface area contributed by atoms with Gasteiger partial charge in [-0.25, -0.2) is 0 Å². The summed E-state index contributed by atoms with van der Waals surface area (Å²) in [6.45, 7) is 6.53. The van der Waals surface area contributed by atoms with Crippen molar-refractivity contribution < 1.29 is 4.74 Å². The van der Waals surface area contributed by atoms with Crippen LogP contribution in [0, 0.1) is 11.8 Å². The molecule has 3 nitrogen and oxygen atoms in total. The summed E-state index contributed by atoms with van der Waals surface area (Å²) in [6, 6.07) is 0. The van der Waals surface area contributed by atoms with Crippen molar-refractivity contribution in [2.45, 2.75) is 12.8 Å². The van der Waals surface area contributed by atoms with Crippen molar-refractivity contribution in [2.24, 2.45) is 17.6 Å². The van der Waals surface area contributed by atoms with E-state index in [9.17, 15) is 0 Å². The second-order valence-electron chi connectivity index (χ2n) is 4.41. The first-order valence-electron chi connectivity index (χ1n) is 5.38. The summed E-state index contributed by atoms with van der Waals surface area (Å²) in [5.41, 5.74) is 5.69. The number of piperidine rings is 1. The standard InChI is InChI=1S/C10H20N2O/c11-4-9-2-1-3-12(5-9)6-10-7-13-8-10/h9-10H,1-8,11H2. The Morgan fingerprint density at radius 1 is 1.31 bits per heavy atom. The molecule has 76 valence electrons. The van der Waals surface area contributed by atoms with E-state index in [2.05, 4.69) is 4.90 Å². The quantitative estimate of drug-likeness (QED) is 0.686. The van der Waals surface area contributed by atoms with Crippen LogP contribution < -0.4 is 5.73 Å². The molecule has 2 heterocycles. The van der Waals surface area contributed by atoms with E-state index in [1.165, 1.54) is 32.5 Å². The van der Waals surface area contributed by atoms with Crippen LogP contribution >= 0.6 is 0 Å². The second kappa shape index (κ2) is 4.40. The predicted molar refractivity (Wildman–Crippen MR) is 52.5 cm³/mol. The van der Waals surface area contributed by atoms with Gasteiger partial charge in [0, 0.05) is 19.0 Å². The zero-order valence-corrected chi connectivity index (χ0v) is 8.24. The molecular weight excluding hydrogens is 164 g/mol. The van der Waals surface area contributed by atoms with Gasteiger partial charge in [-0.05, 0) is 31.8 Å². The van der Waals surface area contributed by atoms with Gasteiger partial charge in [0.05, 0.1) is 13.2 Å². The van der Waals surface area contributed by atoms with E-state index in [1.54, 1.807) is 0 Å². The zero-order valence-electron chi connectivity index (χ0n) is 8.24. The summed E-state index contributed by atoms with van der Waals surface area (Å²) in [5, 5.41) is 0. The van der Waals surface area contributed by atoms with Gasteiger partial charge in [0.25, 0.3) is 0 Å². The lowest BCUT2D eigenvalue weighted by Gasteiger charge is -2.37. The SMILES string of the molecule is NCC1CCCN(CC2COC2)C1. The fraction of sp³-hybridized carbons (Fsp3) is 1.00. The van der Waals surface area contributed by atoms with E-state index in [4.69, 9.17) is 10.5 Å². The first-order valence-corrected chi connectivity index (χ1v) is 5.38. The van der Waals surface area contributed by atoms with E-state index in [0.29, 0.717) is 0 Å². The third-order valence-electron chi connectivity index (χ3n) is 3.16. The second-order valence-corrected chi connectivity index (χ2v) is 4.41. The van der Waals surface area contributed by atoms with Crippen LogP contribution in [-0.4, -0.2) is 44.3 Å². The Balaban J connectivity index is 1.71. The van der Waals surface area contributed by atoms with Crippen molar-refractivity contribution in [1.82, 2.24) is 4.90 Å². The van der Waals surface area contributed by atoms with Gasteiger partial charge in [-0.15, -0.1) is 0 Å². The highest BCUT2D eigenvalue weighted by atomic mass is 16.5.